The van der Waals surface area contributed by atoms with Crippen LogP contribution in [-0.4, -0.2) is 33.4 Å². The van der Waals surface area contributed by atoms with E-state index < -0.39 is 15.7 Å². The van der Waals surface area contributed by atoms with Gasteiger partial charge in [0.15, 0.2) is 0 Å². The lowest BCUT2D eigenvalue weighted by Gasteiger charge is -2.13. The van der Waals surface area contributed by atoms with Crippen molar-refractivity contribution in [2.24, 2.45) is 4.99 Å². The van der Waals surface area contributed by atoms with E-state index in [1.54, 1.807) is 54.6 Å². The molecule has 0 saturated carbocycles. The number of rotatable bonds is 5. The highest BCUT2D eigenvalue weighted by molar-refractivity contribution is 7.91. The minimum atomic E-state index is -3.86. The van der Waals surface area contributed by atoms with Crippen LogP contribution in [0.15, 0.2) is 87.6 Å². The molecule has 1 aliphatic heterocycles. The minimum absolute atomic E-state index is 0.0432. The normalized spacial score (nSPS) is 13.4. The van der Waals surface area contributed by atoms with Gasteiger partial charge in [-0.15, -0.1) is 0 Å². The van der Waals surface area contributed by atoms with E-state index in [1.165, 1.54) is 12.1 Å². The quantitative estimate of drug-likeness (QED) is 0.679. The number of nitrogens with one attached hydrogen (secondary N) is 1. The van der Waals surface area contributed by atoms with Crippen molar-refractivity contribution in [3.05, 3.63) is 89.5 Å². The van der Waals surface area contributed by atoms with Crippen LogP contribution in [0.25, 0.3) is 0 Å². The zero-order chi connectivity index (χ0) is 21.1. The number of aliphatic imine (C=N–C) groups is 1. The van der Waals surface area contributed by atoms with Gasteiger partial charge in [-0.2, -0.15) is 0 Å². The van der Waals surface area contributed by atoms with Crippen LogP contribution in [0.1, 0.15) is 21.5 Å². The van der Waals surface area contributed by atoms with Crippen LogP contribution in [0.2, 0.25) is 0 Å². The SMILES string of the molecule is Cc1ccc(S(=O)(=O)c2ccccc2C(=O)Nc2ccccc2C2=NCCO2)cc1. The predicted octanol–water partition coefficient (Wildman–Crippen LogP) is 3.86. The molecule has 152 valence electrons. The number of carbonyl (C=O) groups excluding carboxylic acids is 1. The molecule has 6 nitrogen and oxygen atoms in total. The molecule has 0 atom stereocenters. The maximum Gasteiger partial charge on any atom is 0.257 e. The van der Waals surface area contributed by atoms with E-state index >= 15 is 0 Å². The van der Waals surface area contributed by atoms with Crippen molar-refractivity contribution in [2.45, 2.75) is 16.7 Å². The smallest absolute Gasteiger partial charge is 0.257 e. The molecule has 3 aromatic rings. The monoisotopic (exact) mass is 420 g/mol. The minimum Gasteiger partial charge on any atom is -0.475 e. The van der Waals surface area contributed by atoms with E-state index in [0.29, 0.717) is 30.3 Å². The zero-order valence-corrected chi connectivity index (χ0v) is 17.1. The molecular formula is C23H20N2O4S. The molecule has 1 aliphatic rings. The summed E-state index contributed by atoms with van der Waals surface area (Å²) in [6.45, 7) is 2.94. The summed E-state index contributed by atoms with van der Waals surface area (Å²) in [7, 11) is -3.86. The Kier molecular flexibility index (Phi) is 5.37. The van der Waals surface area contributed by atoms with Gasteiger partial charge in [0.2, 0.25) is 15.7 Å². The summed E-state index contributed by atoms with van der Waals surface area (Å²) in [5.74, 6) is -0.0567. The fraction of sp³-hybridized carbons (Fsp3) is 0.130. The third-order valence-electron chi connectivity index (χ3n) is 4.74. The molecule has 0 aliphatic carbocycles. The Balaban J connectivity index is 1.70. The summed E-state index contributed by atoms with van der Waals surface area (Å²) < 4.78 is 31.9. The molecule has 0 unspecified atom stereocenters. The first-order valence-corrected chi connectivity index (χ1v) is 10.9. The fourth-order valence-electron chi connectivity index (χ4n) is 3.20. The number of aryl methyl sites for hydroxylation is 1. The molecule has 1 N–H and O–H groups in total. The number of hydrogen-bond donors (Lipinski definition) is 1. The Labute approximate surface area is 175 Å². The van der Waals surface area contributed by atoms with E-state index in [0.717, 1.165) is 5.56 Å². The van der Waals surface area contributed by atoms with E-state index in [9.17, 15) is 13.2 Å². The molecule has 7 heteroatoms. The molecule has 30 heavy (non-hydrogen) atoms. The molecule has 0 aromatic heterocycles. The third-order valence-corrected chi connectivity index (χ3v) is 6.57. The van der Waals surface area contributed by atoms with Gasteiger partial charge in [-0.05, 0) is 43.3 Å². The first kappa shape index (κ1) is 19.8. The Morgan fingerprint density at radius 3 is 2.40 bits per heavy atom. The van der Waals surface area contributed by atoms with E-state index in [-0.39, 0.29) is 15.4 Å². The number of ether oxygens (including phenoxy) is 1. The van der Waals surface area contributed by atoms with Gasteiger partial charge in [-0.3, -0.25) is 4.79 Å². The number of para-hydroxylation sites is 1. The number of carbonyl (C=O) groups is 1. The Hall–Kier alpha value is -3.45. The summed E-state index contributed by atoms with van der Waals surface area (Å²) >= 11 is 0. The fourth-order valence-corrected chi connectivity index (χ4v) is 4.66. The molecule has 0 bridgehead atoms. The summed E-state index contributed by atoms with van der Waals surface area (Å²) in [6, 6.07) is 19.9. The lowest BCUT2D eigenvalue weighted by Crippen LogP contribution is -2.18. The number of benzene rings is 3. The average molecular weight is 420 g/mol. The molecule has 0 saturated heterocycles. The predicted molar refractivity (Wildman–Crippen MR) is 115 cm³/mol. The Bertz CT molecular complexity index is 1230. The number of nitrogens with zero attached hydrogens (tertiary/aromatic N) is 1. The topological polar surface area (TPSA) is 84.8 Å². The summed E-state index contributed by atoms with van der Waals surface area (Å²) in [5, 5.41) is 2.81. The van der Waals surface area contributed by atoms with Crippen molar-refractivity contribution in [2.75, 3.05) is 18.5 Å². The van der Waals surface area contributed by atoms with Crippen LogP contribution in [0.3, 0.4) is 0 Å². The second kappa shape index (κ2) is 8.12. The molecule has 0 radical (unpaired) electrons. The Morgan fingerprint density at radius 1 is 0.967 bits per heavy atom. The lowest BCUT2D eigenvalue weighted by atomic mass is 10.1. The first-order valence-electron chi connectivity index (χ1n) is 9.45. The second-order valence-electron chi connectivity index (χ2n) is 6.85. The molecule has 3 aromatic carbocycles. The molecule has 1 amide bonds. The highest BCUT2D eigenvalue weighted by Crippen LogP contribution is 2.26. The molecule has 4 rings (SSSR count). The standard InChI is InChI=1S/C23H20N2O4S/c1-16-10-12-17(13-11-16)30(27,28)21-9-5-3-7-19(21)22(26)25-20-8-4-2-6-18(20)23-24-14-15-29-23/h2-13H,14-15H2,1H3,(H,25,26). The average Bonchev–Trinajstić information content (AvgIpc) is 3.29. The zero-order valence-electron chi connectivity index (χ0n) is 16.3. The van der Waals surface area contributed by atoms with Crippen molar-refractivity contribution in [3.63, 3.8) is 0 Å². The second-order valence-corrected chi connectivity index (χ2v) is 8.77. The van der Waals surface area contributed by atoms with Gasteiger partial charge in [0.25, 0.3) is 5.91 Å². The van der Waals surface area contributed by atoms with Crippen LogP contribution in [0.5, 0.6) is 0 Å². The van der Waals surface area contributed by atoms with Gasteiger partial charge in [-0.1, -0.05) is 42.0 Å². The van der Waals surface area contributed by atoms with Crippen LogP contribution in [0.4, 0.5) is 5.69 Å². The summed E-state index contributed by atoms with van der Waals surface area (Å²) in [5.41, 5.74) is 2.18. The van der Waals surface area contributed by atoms with Crippen LogP contribution >= 0.6 is 0 Å². The molecule has 0 spiro atoms. The van der Waals surface area contributed by atoms with E-state index in [1.807, 2.05) is 13.0 Å². The van der Waals surface area contributed by atoms with Crippen molar-refractivity contribution in [1.82, 2.24) is 0 Å². The van der Waals surface area contributed by atoms with Gasteiger partial charge in [-0.25, -0.2) is 13.4 Å². The largest absolute Gasteiger partial charge is 0.475 e. The maximum atomic E-state index is 13.2. The van der Waals surface area contributed by atoms with Gasteiger partial charge in [0, 0.05) is 0 Å². The van der Waals surface area contributed by atoms with Crippen molar-refractivity contribution >= 4 is 27.3 Å². The summed E-state index contributed by atoms with van der Waals surface area (Å²) in [6.07, 6.45) is 0. The number of hydrogen-bond acceptors (Lipinski definition) is 5. The Morgan fingerprint density at radius 2 is 1.67 bits per heavy atom. The molecule has 1 heterocycles. The van der Waals surface area contributed by atoms with Gasteiger partial charge >= 0.3 is 0 Å². The van der Waals surface area contributed by atoms with Crippen LogP contribution < -0.4 is 5.32 Å². The van der Waals surface area contributed by atoms with Crippen LogP contribution in [-0.2, 0) is 14.6 Å². The number of sulfone groups is 1. The number of amides is 1. The number of anilines is 1. The maximum absolute atomic E-state index is 13.2. The van der Waals surface area contributed by atoms with Gasteiger partial charge in [0.05, 0.1) is 33.2 Å². The molecule has 0 fully saturated rings. The van der Waals surface area contributed by atoms with E-state index in [2.05, 4.69) is 10.3 Å². The van der Waals surface area contributed by atoms with Crippen molar-refractivity contribution in [1.29, 1.82) is 0 Å². The lowest BCUT2D eigenvalue weighted by molar-refractivity contribution is 0.102. The van der Waals surface area contributed by atoms with Crippen molar-refractivity contribution < 1.29 is 17.9 Å². The van der Waals surface area contributed by atoms with Gasteiger partial charge in [0.1, 0.15) is 6.61 Å². The van der Waals surface area contributed by atoms with E-state index in [4.69, 9.17) is 4.74 Å². The van der Waals surface area contributed by atoms with Crippen molar-refractivity contribution in [3.8, 4) is 0 Å². The highest BCUT2D eigenvalue weighted by Gasteiger charge is 2.25. The first-order chi connectivity index (χ1) is 14.5. The van der Waals surface area contributed by atoms with Gasteiger partial charge < -0.3 is 10.1 Å². The third kappa shape index (κ3) is 3.84. The molecular weight excluding hydrogens is 400 g/mol. The van der Waals surface area contributed by atoms with Crippen LogP contribution in [0, 0.1) is 6.92 Å². The highest BCUT2D eigenvalue weighted by atomic mass is 32.2. The summed E-state index contributed by atoms with van der Waals surface area (Å²) in [4.78, 5) is 17.5.